The van der Waals surface area contributed by atoms with Crippen LogP contribution in [0.3, 0.4) is 0 Å². The fourth-order valence-electron chi connectivity index (χ4n) is 7.33. The second-order valence-electron chi connectivity index (χ2n) is 14.1. The van der Waals surface area contributed by atoms with Crippen molar-refractivity contribution in [2.45, 2.75) is 96.9 Å². The van der Waals surface area contributed by atoms with Crippen LogP contribution in [0.15, 0.2) is 48.5 Å². The lowest BCUT2D eigenvalue weighted by atomic mass is 9.86. The van der Waals surface area contributed by atoms with Gasteiger partial charge < -0.3 is 14.7 Å². The van der Waals surface area contributed by atoms with Gasteiger partial charge in [-0.05, 0) is 121 Å². The van der Waals surface area contributed by atoms with Crippen molar-refractivity contribution < 1.29 is 14.6 Å². The van der Waals surface area contributed by atoms with Gasteiger partial charge in [0.05, 0.1) is 27.0 Å². The van der Waals surface area contributed by atoms with E-state index in [4.69, 9.17) is 26.4 Å². The summed E-state index contributed by atoms with van der Waals surface area (Å²) in [5.41, 5.74) is 6.78. The van der Waals surface area contributed by atoms with Crippen molar-refractivity contribution in [1.82, 2.24) is 19.7 Å². The zero-order valence-corrected chi connectivity index (χ0v) is 29.4. The predicted molar refractivity (Wildman–Crippen MR) is 192 cm³/mol. The molecule has 0 unspecified atom stereocenters. The number of nitrogens with zero attached hydrogens (tertiary/aromatic N) is 4. The van der Waals surface area contributed by atoms with Crippen LogP contribution < -0.4 is 0 Å². The van der Waals surface area contributed by atoms with E-state index in [1.807, 2.05) is 58.0 Å². The van der Waals surface area contributed by atoms with E-state index in [2.05, 4.69) is 34.7 Å². The monoisotopic (exact) mass is 670 g/mol. The lowest BCUT2D eigenvalue weighted by molar-refractivity contribution is -0.160. The van der Waals surface area contributed by atoms with E-state index in [0.29, 0.717) is 16.5 Å². The standard InChI is InChI=1S/C38H43ClN4O3S/c1-6-43-30-15-12-25(21-28(30)33(41-43)24-16-18-42(19-17-24)27-8-7-9-27)36-40-29-20-22(2)31(34(37(44)45)46-38(3,4)5)32(35(29)47-36)23-10-13-26(39)14-11-23/h10-15,20-21,24,27,34H,6-9,16-19H2,1-5H3,(H,44,45)/t34-/m0/s1. The molecule has 0 radical (unpaired) electrons. The van der Waals surface area contributed by atoms with Crippen LogP contribution in [-0.4, -0.2) is 55.5 Å². The Labute approximate surface area is 285 Å². The summed E-state index contributed by atoms with van der Waals surface area (Å²) in [5.74, 6) is -0.573. The first-order valence-corrected chi connectivity index (χ1v) is 18.1. The van der Waals surface area contributed by atoms with E-state index in [1.54, 1.807) is 11.3 Å². The molecular formula is C38H43ClN4O3S. The Morgan fingerprint density at radius 2 is 1.77 bits per heavy atom. The molecule has 0 spiro atoms. The number of aromatic nitrogens is 3. The van der Waals surface area contributed by atoms with Crippen LogP contribution in [0.1, 0.15) is 88.6 Å². The van der Waals surface area contributed by atoms with E-state index in [0.717, 1.165) is 81.5 Å². The second kappa shape index (κ2) is 12.6. The molecule has 3 heterocycles. The van der Waals surface area contributed by atoms with Crippen molar-refractivity contribution in [1.29, 1.82) is 0 Å². The van der Waals surface area contributed by atoms with Gasteiger partial charge in [-0.2, -0.15) is 5.10 Å². The first-order chi connectivity index (χ1) is 22.5. The van der Waals surface area contributed by atoms with Crippen LogP contribution in [0, 0.1) is 6.92 Å². The Hall–Kier alpha value is -3.30. The molecule has 0 bridgehead atoms. The molecule has 1 saturated heterocycles. The third-order valence-electron chi connectivity index (χ3n) is 9.85. The van der Waals surface area contributed by atoms with Crippen molar-refractivity contribution in [3.63, 3.8) is 0 Å². The highest BCUT2D eigenvalue weighted by molar-refractivity contribution is 7.22. The molecule has 1 saturated carbocycles. The lowest BCUT2D eigenvalue weighted by Crippen LogP contribution is -2.44. The average Bonchev–Trinajstić information content (AvgIpc) is 3.60. The number of piperidine rings is 1. The molecule has 1 aliphatic heterocycles. The third-order valence-corrected chi connectivity index (χ3v) is 11.2. The Bertz CT molecular complexity index is 1950. The number of fused-ring (bicyclic) bond motifs is 2. The summed E-state index contributed by atoms with van der Waals surface area (Å²) in [7, 11) is 0. The number of thiazole rings is 1. The summed E-state index contributed by atoms with van der Waals surface area (Å²) >= 11 is 7.89. The summed E-state index contributed by atoms with van der Waals surface area (Å²) in [6.07, 6.45) is 5.22. The predicted octanol–water partition coefficient (Wildman–Crippen LogP) is 9.63. The van der Waals surface area contributed by atoms with Gasteiger partial charge in [0, 0.05) is 45.6 Å². The van der Waals surface area contributed by atoms with Gasteiger partial charge in [-0.3, -0.25) is 4.68 Å². The maximum atomic E-state index is 12.7. The average molecular weight is 671 g/mol. The van der Waals surface area contributed by atoms with Gasteiger partial charge >= 0.3 is 5.97 Å². The highest BCUT2D eigenvalue weighted by atomic mass is 35.5. The zero-order chi connectivity index (χ0) is 33.0. The fourth-order valence-corrected chi connectivity index (χ4v) is 8.58. The minimum absolute atomic E-state index is 0.449. The molecule has 3 aromatic carbocycles. The first-order valence-electron chi connectivity index (χ1n) is 16.9. The van der Waals surface area contributed by atoms with Crippen molar-refractivity contribution in [3.05, 3.63) is 70.4 Å². The van der Waals surface area contributed by atoms with Gasteiger partial charge in [-0.15, -0.1) is 11.3 Å². The highest BCUT2D eigenvalue weighted by Gasteiger charge is 2.33. The van der Waals surface area contributed by atoms with Crippen LogP contribution in [0.2, 0.25) is 5.02 Å². The number of carboxylic acid groups (broad SMARTS) is 1. The van der Waals surface area contributed by atoms with Gasteiger partial charge in [-0.1, -0.05) is 30.2 Å². The number of hydrogen-bond acceptors (Lipinski definition) is 6. The maximum absolute atomic E-state index is 12.7. The van der Waals surface area contributed by atoms with Gasteiger partial charge in [0.15, 0.2) is 6.10 Å². The smallest absolute Gasteiger partial charge is 0.337 e. The number of likely N-dealkylation sites (tertiary alicyclic amines) is 1. The largest absolute Gasteiger partial charge is 0.479 e. The minimum atomic E-state index is -1.15. The van der Waals surface area contributed by atoms with Gasteiger partial charge in [0.2, 0.25) is 0 Å². The van der Waals surface area contributed by atoms with Crippen molar-refractivity contribution in [3.8, 4) is 21.7 Å². The zero-order valence-electron chi connectivity index (χ0n) is 27.8. The second-order valence-corrected chi connectivity index (χ2v) is 15.6. The number of aryl methyl sites for hydroxylation is 2. The molecule has 2 aliphatic rings. The van der Waals surface area contributed by atoms with Crippen molar-refractivity contribution in [2.24, 2.45) is 0 Å². The van der Waals surface area contributed by atoms with E-state index in [1.165, 1.54) is 30.3 Å². The summed E-state index contributed by atoms with van der Waals surface area (Å²) in [4.78, 5) is 20.6. The number of carboxylic acids is 1. The molecule has 5 aromatic rings. The van der Waals surface area contributed by atoms with E-state index >= 15 is 0 Å². The molecule has 9 heteroatoms. The molecule has 0 amide bonds. The normalized spacial score (nSPS) is 17.4. The molecule has 7 nitrogen and oxygen atoms in total. The molecule has 47 heavy (non-hydrogen) atoms. The number of halogens is 1. The SMILES string of the molecule is CCn1nc(C2CCN(C3CCC3)CC2)c2cc(-c3nc4cc(C)c([C@H](OC(C)(C)C)C(=O)O)c(-c5ccc(Cl)cc5)c4s3)ccc21. The van der Waals surface area contributed by atoms with Gasteiger partial charge in [0.25, 0.3) is 0 Å². The number of ether oxygens (including phenoxy) is 1. The Morgan fingerprint density at radius 3 is 2.38 bits per heavy atom. The number of carbonyl (C=O) groups is 1. The number of aliphatic carboxylic acids is 1. The van der Waals surface area contributed by atoms with Gasteiger partial charge in [-0.25, -0.2) is 9.78 Å². The van der Waals surface area contributed by atoms with Gasteiger partial charge in [0.1, 0.15) is 5.01 Å². The van der Waals surface area contributed by atoms with E-state index < -0.39 is 17.7 Å². The molecule has 1 N–H and O–H groups in total. The maximum Gasteiger partial charge on any atom is 0.337 e. The van der Waals surface area contributed by atoms with Crippen LogP contribution in [-0.2, 0) is 16.1 Å². The fraction of sp³-hybridized carbons (Fsp3) is 0.447. The molecule has 2 fully saturated rings. The third kappa shape index (κ3) is 6.21. The van der Waals surface area contributed by atoms with Crippen LogP contribution in [0.4, 0.5) is 0 Å². The molecular weight excluding hydrogens is 628 g/mol. The molecule has 2 aromatic heterocycles. The van der Waals surface area contributed by atoms with E-state index in [-0.39, 0.29) is 0 Å². The Morgan fingerprint density at radius 1 is 1.06 bits per heavy atom. The molecule has 1 aliphatic carbocycles. The molecule has 246 valence electrons. The Kier molecular flexibility index (Phi) is 8.66. The summed E-state index contributed by atoms with van der Waals surface area (Å²) in [6.45, 7) is 12.9. The van der Waals surface area contributed by atoms with Crippen molar-refractivity contribution >= 4 is 50.0 Å². The van der Waals surface area contributed by atoms with Crippen LogP contribution in [0.5, 0.6) is 0 Å². The molecule has 7 rings (SSSR count). The first kappa shape index (κ1) is 32.3. The summed E-state index contributed by atoms with van der Waals surface area (Å²) in [5, 5.41) is 18.3. The minimum Gasteiger partial charge on any atom is -0.479 e. The van der Waals surface area contributed by atoms with E-state index in [9.17, 15) is 9.90 Å². The van der Waals surface area contributed by atoms with Crippen LogP contribution in [0.25, 0.3) is 42.8 Å². The number of hydrogen-bond donors (Lipinski definition) is 1. The summed E-state index contributed by atoms with van der Waals surface area (Å²) in [6, 6.07) is 17.0. The number of rotatable bonds is 8. The molecule has 1 atom stereocenters. The highest BCUT2D eigenvalue weighted by Crippen LogP contribution is 2.45. The quantitative estimate of drug-likeness (QED) is 0.177. The topological polar surface area (TPSA) is 80.5 Å². The Balaban J connectivity index is 1.34. The van der Waals surface area contributed by atoms with Crippen molar-refractivity contribution in [2.75, 3.05) is 13.1 Å². The summed E-state index contributed by atoms with van der Waals surface area (Å²) < 4.78 is 9.27. The van der Waals surface area contributed by atoms with Crippen LogP contribution >= 0.6 is 22.9 Å². The number of benzene rings is 3. The lowest BCUT2D eigenvalue weighted by Gasteiger charge is -2.41.